The first kappa shape index (κ1) is 32.2. The van der Waals surface area contributed by atoms with Crippen LogP contribution in [0.4, 0.5) is 5.69 Å². The molecule has 1 unspecified atom stereocenters. The van der Waals surface area contributed by atoms with Gasteiger partial charge in [0.25, 0.3) is 0 Å². The number of halogens is 2. The molecule has 0 saturated carbocycles. The number of amides is 2. The molecule has 2 rings (SSSR count). The minimum Gasteiger partial charge on any atom is -0.379 e. The molecule has 0 bridgehead atoms. The molecule has 2 amide bonds. The molecule has 1 aromatic carbocycles. The van der Waals surface area contributed by atoms with E-state index in [1.165, 1.54) is 0 Å². The van der Waals surface area contributed by atoms with Gasteiger partial charge >= 0.3 is 0 Å². The smallest absolute Gasteiger partial charge is 0.225 e. The molecular weight excluding hydrogens is 537 g/mol. The summed E-state index contributed by atoms with van der Waals surface area (Å²) in [5.74, 6) is 0.391. The maximum atomic E-state index is 12.3. The molecule has 1 aromatic rings. The molecule has 1 aliphatic heterocycles. The third-order valence-electron chi connectivity index (χ3n) is 5.37. The van der Waals surface area contributed by atoms with Crippen LogP contribution in [0.3, 0.4) is 0 Å². The highest BCUT2D eigenvalue weighted by molar-refractivity contribution is 6.42. The largest absolute Gasteiger partial charge is 0.379 e. The van der Waals surface area contributed by atoms with E-state index in [9.17, 15) is 9.59 Å². The Hall–Kier alpha value is -1.99. The van der Waals surface area contributed by atoms with Gasteiger partial charge in [0.15, 0.2) is 0 Å². The third-order valence-corrected chi connectivity index (χ3v) is 6.10. The summed E-state index contributed by atoms with van der Waals surface area (Å²) in [6.45, 7) is 7.17. The lowest BCUT2D eigenvalue weighted by Crippen LogP contribution is -2.34. The van der Waals surface area contributed by atoms with Crippen LogP contribution in [0.2, 0.25) is 10.0 Å². The summed E-state index contributed by atoms with van der Waals surface area (Å²) in [6.07, 6.45) is 1.04. The standard InChI is InChI=1S/C25H39Cl2N5O6/c1-19-18-32(20-4-5-21(26)22(27)17-20)31-25(19)30-24(34)3-2-8-29-23(33)6-9-35-11-13-37-15-16-38-14-12-36-10-7-28/h4-5,17,19H,2-3,6-16,18,28H2,1H3,(H,29,33)(H,30,31,34). The predicted octanol–water partition coefficient (Wildman–Crippen LogP) is 2.19. The monoisotopic (exact) mass is 575 g/mol. The van der Waals surface area contributed by atoms with Gasteiger partial charge in [-0.1, -0.05) is 30.1 Å². The van der Waals surface area contributed by atoms with Crippen molar-refractivity contribution in [2.45, 2.75) is 26.2 Å². The number of nitrogens with one attached hydrogen (secondary N) is 2. The van der Waals surface area contributed by atoms with Crippen molar-refractivity contribution < 1.29 is 28.5 Å². The molecule has 0 aromatic heterocycles. The van der Waals surface area contributed by atoms with Gasteiger partial charge < -0.3 is 35.3 Å². The van der Waals surface area contributed by atoms with Crippen molar-refractivity contribution in [3.63, 3.8) is 0 Å². The second-order valence-electron chi connectivity index (χ2n) is 8.56. The molecule has 0 spiro atoms. The van der Waals surface area contributed by atoms with Crippen LogP contribution < -0.4 is 21.4 Å². The molecule has 1 atom stereocenters. The molecule has 13 heteroatoms. The highest BCUT2D eigenvalue weighted by atomic mass is 35.5. The minimum atomic E-state index is -0.144. The van der Waals surface area contributed by atoms with Gasteiger partial charge in [-0.3, -0.25) is 14.6 Å². The summed E-state index contributed by atoms with van der Waals surface area (Å²) in [5.41, 5.74) is 6.12. The molecule has 1 aliphatic rings. The number of carbonyl (C=O) groups excluding carboxylic acids is 2. The number of nitrogens with zero attached hydrogens (tertiary/aromatic N) is 2. The van der Waals surface area contributed by atoms with Gasteiger partial charge in [-0.05, 0) is 24.6 Å². The number of ether oxygens (including phenoxy) is 4. The predicted molar refractivity (Wildman–Crippen MR) is 148 cm³/mol. The molecular formula is C25H39Cl2N5O6. The lowest BCUT2D eigenvalue weighted by atomic mass is 10.1. The van der Waals surface area contributed by atoms with E-state index in [1.54, 1.807) is 17.1 Å². The van der Waals surface area contributed by atoms with Gasteiger partial charge in [0, 0.05) is 31.8 Å². The van der Waals surface area contributed by atoms with E-state index in [-0.39, 0.29) is 30.6 Å². The van der Waals surface area contributed by atoms with Crippen LogP contribution in [0.1, 0.15) is 26.2 Å². The van der Waals surface area contributed by atoms with Crippen LogP contribution in [0.15, 0.2) is 23.3 Å². The number of nitrogens with two attached hydrogens (primary N) is 1. The second-order valence-corrected chi connectivity index (χ2v) is 9.37. The topological polar surface area (TPSA) is 137 Å². The summed E-state index contributed by atoms with van der Waals surface area (Å²) in [5, 5.41) is 12.9. The van der Waals surface area contributed by atoms with E-state index < -0.39 is 0 Å². The number of benzene rings is 1. The van der Waals surface area contributed by atoms with Gasteiger partial charge in [0.05, 0.1) is 75.1 Å². The lowest BCUT2D eigenvalue weighted by molar-refractivity contribution is -0.123. The Morgan fingerprint density at radius 3 is 2.21 bits per heavy atom. The van der Waals surface area contributed by atoms with Gasteiger partial charge in [0.2, 0.25) is 11.8 Å². The molecule has 11 nitrogen and oxygen atoms in total. The first-order valence-electron chi connectivity index (χ1n) is 12.8. The average Bonchev–Trinajstić information content (AvgIpc) is 3.26. The van der Waals surface area contributed by atoms with E-state index in [0.29, 0.717) is 94.8 Å². The van der Waals surface area contributed by atoms with Gasteiger partial charge in [-0.25, -0.2) is 0 Å². The number of amidine groups is 1. The van der Waals surface area contributed by atoms with Crippen molar-refractivity contribution in [1.29, 1.82) is 0 Å². The summed E-state index contributed by atoms with van der Waals surface area (Å²) < 4.78 is 21.3. The van der Waals surface area contributed by atoms with Crippen LogP contribution in [-0.2, 0) is 28.5 Å². The van der Waals surface area contributed by atoms with Gasteiger partial charge in [-0.15, -0.1) is 0 Å². The maximum Gasteiger partial charge on any atom is 0.225 e. The Bertz CT molecular complexity index is 892. The van der Waals surface area contributed by atoms with Gasteiger partial charge in [-0.2, -0.15) is 5.10 Å². The molecule has 1 heterocycles. The van der Waals surface area contributed by atoms with Crippen LogP contribution in [0.5, 0.6) is 0 Å². The van der Waals surface area contributed by atoms with Gasteiger partial charge in [0.1, 0.15) is 5.84 Å². The van der Waals surface area contributed by atoms with E-state index in [1.807, 2.05) is 13.0 Å². The van der Waals surface area contributed by atoms with Crippen LogP contribution >= 0.6 is 23.2 Å². The van der Waals surface area contributed by atoms with Crippen LogP contribution in [0.25, 0.3) is 0 Å². The first-order chi connectivity index (χ1) is 18.4. The third kappa shape index (κ3) is 13.2. The SMILES string of the molecule is CC1CN(c2ccc(Cl)c(Cl)c2)N=C1NC(=O)CCCNC(=O)CCOCCOCCOCCOCCN. The zero-order chi connectivity index (χ0) is 27.6. The van der Waals surface area contributed by atoms with Crippen LogP contribution in [0, 0.1) is 5.92 Å². The van der Waals surface area contributed by atoms with E-state index in [4.69, 9.17) is 47.9 Å². The Morgan fingerprint density at radius 2 is 1.58 bits per heavy atom. The van der Waals surface area contributed by atoms with E-state index in [2.05, 4.69) is 15.7 Å². The van der Waals surface area contributed by atoms with Crippen molar-refractivity contribution in [1.82, 2.24) is 10.6 Å². The summed E-state index contributed by atoms with van der Waals surface area (Å²) >= 11 is 12.1. The fourth-order valence-corrected chi connectivity index (χ4v) is 3.65. The van der Waals surface area contributed by atoms with Crippen LogP contribution in [-0.4, -0.2) is 90.1 Å². The zero-order valence-corrected chi connectivity index (χ0v) is 23.4. The number of anilines is 1. The molecule has 38 heavy (non-hydrogen) atoms. The second kappa shape index (κ2) is 19.1. The minimum absolute atomic E-state index is 0.0542. The molecule has 214 valence electrons. The average molecular weight is 577 g/mol. The molecule has 4 N–H and O–H groups in total. The first-order valence-corrected chi connectivity index (χ1v) is 13.5. The highest BCUT2D eigenvalue weighted by Gasteiger charge is 2.25. The molecule has 0 radical (unpaired) electrons. The number of hydrogen-bond acceptors (Lipinski definition) is 9. The van der Waals surface area contributed by atoms with Crippen molar-refractivity contribution in [3.8, 4) is 0 Å². The number of rotatable bonds is 19. The number of hydrogen-bond donors (Lipinski definition) is 3. The van der Waals surface area contributed by atoms with Crippen molar-refractivity contribution >= 4 is 46.5 Å². The lowest BCUT2D eigenvalue weighted by Gasteiger charge is -2.14. The summed E-state index contributed by atoms with van der Waals surface area (Å²) in [7, 11) is 0. The summed E-state index contributed by atoms with van der Waals surface area (Å²) in [4.78, 5) is 24.3. The fourth-order valence-electron chi connectivity index (χ4n) is 3.35. The van der Waals surface area contributed by atoms with E-state index in [0.717, 1.165) is 5.69 Å². The summed E-state index contributed by atoms with van der Waals surface area (Å²) in [6, 6.07) is 5.29. The molecule has 0 saturated heterocycles. The Kier molecular flexibility index (Phi) is 16.2. The Balaban J connectivity index is 1.46. The Morgan fingerprint density at radius 1 is 0.947 bits per heavy atom. The quantitative estimate of drug-likeness (QED) is 0.213. The number of carbonyl (C=O) groups is 2. The van der Waals surface area contributed by atoms with Crippen molar-refractivity contribution in [2.75, 3.05) is 77.5 Å². The number of hydrazone groups is 1. The zero-order valence-electron chi connectivity index (χ0n) is 21.9. The molecule has 0 fully saturated rings. The normalized spacial score (nSPS) is 15.0. The fraction of sp³-hybridized carbons (Fsp3) is 0.640. The molecule has 0 aliphatic carbocycles. The highest BCUT2D eigenvalue weighted by Crippen LogP contribution is 2.29. The Labute approximate surface area is 234 Å². The van der Waals surface area contributed by atoms with E-state index >= 15 is 0 Å². The maximum absolute atomic E-state index is 12.3. The van der Waals surface area contributed by atoms with Crippen molar-refractivity contribution in [3.05, 3.63) is 28.2 Å². The van der Waals surface area contributed by atoms with Crippen molar-refractivity contribution in [2.24, 2.45) is 16.8 Å².